The maximum atomic E-state index is 14.4. The van der Waals surface area contributed by atoms with Crippen LogP contribution in [0.2, 0.25) is 0 Å². The van der Waals surface area contributed by atoms with Crippen LogP contribution in [-0.2, 0) is 0 Å². The molecule has 0 radical (unpaired) electrons. The van der Waals surface area contributed by atoms with Crippen LogP contribution in [0.5, 0.6) is 0 Å². The molecule has 0 aliphatic heterocycles. The smallest absolute Gasteiger partial charge is 0.313 e. The third kappa shape index (κ3) is 5.41. The van der Waals surface area contributed by atoms with Crippen molar-refractivity contribution in [2.75, 3.05) is 32.5 Å². The minimum atomic E-state index is -0.884. The van der Waals surface area contributed by atoms with E-state index in [9.17, 15) is 18.4 Å². The Morgan fingerprint density at radius 3 is 2.40 bits per heavy atom. The summed E-state index contributed by atoms with van der Waals surface area (Å²) in [7, 11) is 3.75. The number of carbonyl (C=O) groups is 1. The van der Waals surface area contributed by atoms with Gasteiger partial charge in [0.2, 0.25) is 0 Å². The van der Waals surface area contributed by atoms with Crippen LogP contribution in [-0.4, -0.2) is 52.6 Å². The Kier molecular flexibility index (Phi) is 7.57. The van der Waals surface area contributed by atoms with Gasteiger partial charge in [-0.25, -0.2) is 18.6 Å². The summed E-state index contributed by atoms with van der Waals surface area (Å²) >= 11 is 0. The van der Waals surface area contributed by atoms with E-state index in [-0.39, 0.29) is 17.8 Å². The topological polar surface area (TPSA) is 70.5 Å². The highest BCUT2D eigenvalue weighted by atomic mass is 19.1. The highest BCUT2D eigenvalue weighted by Crippen LogP contribution is 2.26. The number of para-hydroxylation sites is 1. The lowest BCUT2D eigenvalue weighted by Crippen LogP contribution is -2.43. The maximum Gasteiger partial charge on any atom is 0.322 e. The van der Waals surface area contributed by atoms with Crippen molar-refractivity contribution in [1.29, 1.82) is 0 Å². The molecule has 0 bridgehead atoms. The van der Waals surface area contributed by atoms with Crippen LogP contribution in [0.4, 0.5) is 19.3 Å². The Bertz CT molecular complexity index is 1770. The normalized spacial score (nSPS) is 12.2. The molecule has 5 rings (SSSR count). The molecule has 40 heavy (non-hydrogen) atoms. The van der Waals surface area contributed by atoms with Gasteiger partial charge < -0.3 is 15.1 Å². The number of aromatic nitrogens is 2. The number of likely N-dealkylation sites (N-methyl/N-ethyl adjacent to an activating group) is 1. The van der Waals surface area contributed by atoms with Crippen LogP contribution in [0.25, 0.3) is 27.4 Å². The van der Waals surface area contributed by atoms with Crippen molar-refractivity contribution in [2.24, 2.45) is 0 Å². The maximum absolute atomic E-state index is 14.4. The second kappa shape index (κ2) is 11.2. The van der Waals surface area contributed by atoms with Gasteiger partial charge in [0.05, 0.1) is 28.3 Å². The molecule has 2 amide bonds. The molecule has 1 atom stereocenters. The number of rotatable bonds is 7. The average Bonchev–Trinajstić information content (AvgIpc) is 2.94. The molecule has 1 unspecified atom stereocenters. The number of hydrogen-bond donors (Lipinski definition) is 1. The fourth-order valence-electron chi connectivity index (χ4n) is 4.69. The molecule has 0 saturated carbocycles. The molecule has 9 heteroatoms. The molecule has 0 aliphatic carbocycles. The Morgan fingerprint density at radius 1 is 0.925 bits per heavy atom. The molecule has 5 aromatic rings. The zero-order valence-electron chi connectivity index (χ0n) is 22.4. The molecule has 1 aromatic heterocycles. The molecule has 0 fully saturated rings. The Hall–Kier alpha value is -4.63. The van der Waals surface area contributed by atoms with Crippen molar-refractivity contribution in [1.82, 2.24) is 19.4 Å². The third-order valence-corrected chi connectivity index (χ3v) is 6.86. The van der Waals surface area contributed by atoms with Crippen LogP contribution in [0.1, 0.15) is 18.8 Å². The van der Waals surface area contributed by atoms with Crippen LogP contribution in [0, 0.1) is 11.6 Å². The van der Waals surface area contributed by atoms with Crippen LogP contribution < -0.4 is 10.9 Å². The van der Waals surface area contributed by atoms with E-state index < -0.39 is 23.7 Å². The second-order valence-corrected chi connectivity index (χ2v) is 9.89. The van der Waals surface area contributed by atoms with E-state index in [0.29, 0.717) is 35.0 Å². The van der Waals surface area contributed by atoms with Gasteiger partial charge >= 0.3 is 6.03 Å². The first kappa shape index (κ1) is 27.0. The summed E-state index contributed by atoms with van der Waals surface area (Å²) in [6, 6.07) is 22.3. The molecule has 7 nitrogen and oxygen atoms in total. The Morgan fingerprint density at radius 2 is 1.65 bits per heavy atom. The molecule has 0 aliphatic rings. The predicted molar refractivity (Wildman–Crippen MR) is 154 cm³/mol. The Balaban J connectivity index is 1.64. The lowest BCUT2D eigenvalue weighted by Gasteiger charge is -2.31. The van der Waals surface area contributed by atoms with Crippen molar-refractivity contribution >= 4 is 33.4 Å². The standard InChI is InChI=1S/C31H29F2N5O2/c1-20(37(17-16-36(2)3)31(40)35-28-15-13-23(32)19-26(28)33)29-34-27-11-7-6-10-25(27)30(39)38(29)24-14-12-21-8-4-5-9-22(21)18-24/h4-15,18-20H,16-17H2,1-3H3,(H,35,40). The molecule has 204 valence electrons. The largest absolute Gasteiger partial charge is 0.322 e. The fraction of sp³-hybridized carbons (Fsp3) is 0.194. The lowest BCUT2D eigenvalue weighted by atomic mass is 10.1. The first-order chi connectivity index (χ1) is 19.2. The minimum absolute atomic E-state index is 0.146. The van der Waals surface area contributed by atoms with Crippen LogP contribution in [0.15, 0.2) is 89.7 Å². The molecule has 0 saturated heterocycles. The van der Waals surface area contributed by atoms with E-state index in [0.717, 1.165) is 16.8 Å². The van der Waals surface area contributed by atoms with Gasteiger partial charge in [-0.1, -0.05) is 42.5 Å². The van der Waals surface area contributed by atoms with Crippen molar-refractivity contribution < 1.29 is 13.6 Å². The average molecular weight is 542 g/mol. The first-order valence-corrected chi connectivity index (χ1v) is 12.9. The van der Waals surface area contributed by atoms with Crippen molar-refractivity contribution in [3.8, 4) is 5.69 Å². The van der Waals surface area contributed by atoms with E-state index >= 15 is 0 Å². The highest BCUT2D eigenvalue weighted by molar-refractivity contribution is 5.90. The third-order valence-electron chi connectivity index (χ3n) is 6.86. The lowest BCUT2D eigenvalue weighted by molar-refractivity contribution is 0.181. The van der Waals surface area contributed by atoms with E-state index in [1.165, 1.54) is 15.5 Å². The molecule has 0 spiro atoms. The summed E-state index contributed by atoms with van der Waals surface area (Å²) in [6.45, 7) is 2.53. The van der Waals surface area contributed by atoms with Crippen molar-refractivity contribution in [2.45, 2.75) is 13.0 Å². The number of carbonyl (C=O) groups excluding carboxylic acids is 1. The van der Waals surface area contributed by atoms with Gasteiger partial charge in [0.15, 0.2) is 0 Å². The van der Waals surface area contributed by atoms with Gasteiger partial charge in [0, 0.05) is 19.2 Å². The number of benzene rings is 4. The van der Waals surface area contributed by atoms with Crippen molar-refractivity contribution in [3.05, 3.63) is 113 Å². The number of nitrogens with zero attached hydrogens (tertiary/aromatic N) is 4. The quantitative estimate of drug-likeness (QED) is 0.276. The molecular weight excluding hydrogens is 512 g/mol. The molecule has 1 N–H and O–H groups in total. The summed E-state index contributed by atoms with van der Waals surface area (Å²) < 4.78 is 29.4. The second-order valence-electron chi connectivity index (χ2n) is 9.89. The Labute approximate surface area is 230 Å². The summed E-state index contributed by atoms with van der Waals surface area (Å²) in [5.74, 6) is -1.27. The highest BCUT2D eigenvalue weighted by Gasteiger charge is 2.27. The first-order valence-electron chi connectivity index (χ1n) is 12.9. The number of halogens is 2. The van der Waals surface area contributed by atoms with Gasteiger partial charge in [0.1, 0.15) is 17.5 Å². The molecule has 4 aromatic carbocycles. The number of urea groups is 1. The number of fused-ring (bicyclic) bond motifs is 2. The van der Waals surface area contributed by atoms with E-state index in [4.69, 9.17) is 4.98 Å². The SMILES string of the molecule is CC(c1nc2ccccc2c(=O)n1-c1ccc2ccccc2c1)N(CCN(C)C)C(=O)Nc1ccc(F)cc1F. The number of hydrogen-bond acceptors (Lipinski definition) is 4. The van der Waals surface area contributed by atoms with Gasteiger partial charge in [-0.2, -0.15) is 0 Å². The molecule has 1 heterocycles. The van der Waals surface area contributed by atoms with Gasteiger partial charge in [-0.15, -0.1) is 0 Å². The minimum Gasteiger partial charge on any atom is -0.313 e. The van der Waals surface area contributed by atoms with Crippen LogP contribution in [0.3, 0.4) is 0 Å². The zero-order valence-corrected chi connectivity index (χ0v) is 22.4. The van der Waals surface area contributed by atoms with E-state index in [1.807, 2.05) is 61.5 Å². The van der Waals surface area contributed by atoms with E-state index in [2.05, 4.69) is 5.32 Å². The van der Waals surface area contributed by atoms with Gasteiger partial charge in [0.25, 0.3) is 5.56 Å². The summed E-state index contributed by atoms with van der Waals surface area (Å²) in [5.41, 5.74) is 0.706. The van der Waals surface area contributed by atoms with Crippen molar-refractivity contribution in [3.63, 3.8) is 0 Å². The zero-order chi connectivity index (χ0) is 28.4. The van der Waals surface area contributed by atoms with Gasteiger partial charge in [-0.3, -0.25) is 9.36 Å². The van der Waals surface area contributed by atoms with Gasteiger partial charge in [-0.05, 0) is 68.2 Å². The summed E-state index contributed by atoms with van der Waals surface area (Å²) in [6.07, 6.45) is 0. The summed E-state index contributed by atoms with van der Waals surface area (Å²) in [5, 5.41) is 4.98. The number of nitrogens with one attached hydrogen (secondary N) is 1. The monoisotopic (exact) mass is 541 g/mol. The van der Waals surface area contributed by atoms with Crippen LogP contribution >= 0.6 is 0 Å². The number of anilines is 1. The summed E-state index contributed by atoms with van der Waals surface area (Å²) in [4.78, 5) is 35.8. The van der Waals surface area contributed by atoms with E-state index in [1.54, 1.807) is 31.2 Å². The predicted octanol–water partition coefficient (Wildman–Crippen LogP) is 5.97. The fourth-order valence-corrected chi connectivity index (χ4v) is 4.69. The number of amides is 2. The molecular formula is C31H29F2N5O2.